The standard InChI is InChI=1S/C25H22N4O3/c1-31-22-13-12-20(14-23(22)32-2)24-21(15-26-28-24)16-27-29-25(30)19-10-8-18(9-11-19)17-6-4-3-5-7-17/h3-16H,1-2H3,(H,26,28)(H,29,30). The Morgan fingerprint density at radius 3 is 2.31 bits per heavy atom. The summed E-state index contributed by atoms with van der Waals surface area (Å²) in [6.45, 7) is 0. The topological polar surface area (TPSA) is 88.6 Å². The molecule has 32 heavy (non-hydrogen) atoms. The highest BCUT2D eigenvalue weighted by atomic mass is 16.5. The molecule has 160 valence electrons. The third-order valence-electron chi connectivity index (χ3n) is 4.96. The number of carbonyl (C=O) groups is 1. The van der Waals surface area contributed by atoms with Gasteiger partial charge in [-0.15, -0.1) is 0 Å². The first-order valence-corrected chi connectivity index (χ1v) is 9.94. The number of nitrogens with one attached hydrogen (secondary N) is 2. The third-order valence-corrected chi connectivity index (χ3v) is 4.96. The number of ether oxygens (including phenoxy) is 2. The summed E-state index contributed by atoms with van der Waals surface area (Å²) < 4.78 is 10.6. The van der Waals surface area contributed by atoms with Crippen LogP contribution in [0.25, 0.3) is 22.4 Å². The molecule has 3 aromatic carbocycles. The molecule has 7 nitrogen and oxygen atoms in total. The molecule has 0 bridgehead atoms. The number of hydrogen-bond donors (Lipinski definition) is 2. The van der Waals surface area contributed by atoms with E-state index in [-0.39, 0.29) is 5.91 Å². The van der Waals surface area contributed by atoms with Crippen molar-refractivity contribution in [2.75, 3.05) is 14.2 Å². The van der Waals surface area contributed by atoms with Crippen molar-refractivity contribution in [2.45, 2.75) is 0 Å². The maximum Gasteiger partial charge on any atom is 0.271 e. The summed E-state index contributed by atoms with van der Waals surface area (Å²) in [6, 6.07) is 22.9. The lowest BCUT2D eigenvalue weighted by Crippen LogP contribution is -2.17. The Labute approximate surface area is 185 Å². The molecule has 0 radical (unpaired) electrons. The van der Waals surface area contributed by atoms with Crippen LogP contribution in [0.15, 0.2) is 84.1 Å². The third kappa shape index (κ3) is 4.52. The number of hydrogen-bond acceptors (Lipinski definition) is 5. The van der Waals surface area contributed by atoms with E-state index in [1.807, 2.05) is 60.7 Å². The first kappa shape index (κ1) is 20.9. The van der Waals surface area contributed by atoms with Gasteiger partial charge in [0.15, 0.2) is 11.5 Å². The minimum Gasteiger partial charge on any atom is -0.493 e. The Bertz CT molecular complexity index is 1230. The fourth-order valence-corrected chi connectivity index (χ4v) is 3.29. The van der Waals surface area contributed by atoms with Crippen LogP contribution in [0.1, 0.15) is 15.9 Å². The average Bonchev–Trinajstić information content (AvgIpc) is 3.32. The highest BCUT2D eigenvalue weighted by molar-refractivity contribution is 5.96. The molecule has 4 rings (SSSR count). The van der Waals surface area contributed by atoms with Crippen LogP contribution in [0.5, 0.6) is 11.5 Å². The van der Waals surface area contributed by atoms with E-state index >= 15 is 0 Å². The van der Waals surface area contributed by atoms with Crippen LogP contribution in [-0.4, -0.2) is 36.5 Å². The Hall–Kier alpha value is -4.39. The predicted octanol–water partition coefficient (Wildman–Crippen LogP) is 4.52. The second-order valence-electron chi connectivity index (χ2n) is 6.91. The lowest BCUT2D eigenvalue weighted by molar-refractivity contribution is 0.0955. The molecule has 0 aliphatic carbocycles. The van der Waals surface area contributed by atoms with Crippen LogP contribution in [0.4, 0.5) is 0 Å². The zero-order valence-electron chi connectivity index (χ0n) is 17.7. The van der Waals surface area contributed by atoms with Crippen molar-refractivity contribution in [3.05, 3.63) is 90.1 Å². The van der Waals surface area contributed by atoms with Gasteiger partial charge in [-0.25, -0.2) is 5.43 Å². The van der Waals surface area contributed by atoms with Gasteiger partial charge >= 0.3 is 0 Å². The Balaban J connectivity index is 1.45. The van der Waals surface area contributed by atoms with Gasteiger partial charge in [-0.2, -0.15) is 10.2 Å². The lowest BCUT2D eigenvalue weighted by atomic mass is 10.0. The number of amides is 1. The minimum atomic E-state index is -0.294. The molecule has 1 amide bonds. The first-order chi connectivity index (χ1) is 15.7. The van der Waals surface area contributed by atoms with Crippen molar-refractivity contribution in [1.82, 2.24) is 15.6 Å². The smallest absolute Gasteiger partial charge is 0.271 e. The number of aromatic nitrogens is 2. The molecule has 0 saturated carbocycles. The second kappa shape index (κ2) is 9.61. The maximum absolute atomic E-state index is 12.5. The highest BCUT2D eigenvalue weighted by Gasteiger charge is 2.11. The quantitative estimate of drug-likeness (QED) is 0.336. The number of H-pyrrole nitrogens is 1. The molecule has 4 aromatic rings. The van der Waals surface area contributed by atoms with E-state index < -0.39 is 0 Å². The zero-order valence-corrected chi connectivity index (χ0v) is 17.7. The number of aromatic amines is 1. The fraction of sp³-hybridized carbons (Fsp3) is 0.0800. The molecule has 0 fully saturated rings. The van der Waals surface area contributed by atoms with Crippen LogP contribution in [0, 0.1) is 0 Å². The van der Waals surface area contributed by atoms with E-state index in [4.69, 9.17) is 9.47 Å². The Kier molecular flexibility index (Phi) is 6.27. The molecule has 0 unspecified atom stereocenters. The van der Waals surface area contributed by atoms with Crippen molar-refractivity contribution < 1.29 is 14.3 Å². The van der Waals surface area contributed by atoms with Crippen molar-refractivity contribution in [2.24, 2.45) is 5.10 Å². The average molecular weight is 426 g/mol. The van der Waals surface area contributed by atoms with Crippen molar-refractivity contribution >= 4 is 12.1 Å². The molecule has 0 atom stereocenters. The number of carbonyl (C=O) groups excluding carboxylic acids is 1. The maximum atomic E-state index is 12.5. The summed E-state index contributed by atoms with van der Waals surface area (Å²) in [5.74, 6) is 0.947. The zero-order chi connectivity index (χ0) is 22.3. The molecule has 7 heteroatoms. The Morgan fingerprint density at radius 2 is 1.59 bits per heavy atom. The first-order valence-electron chi connectivity index (χ1n) is 9.94. The van der Waals surface area contributed by atoms with Gasteiger partial charge in [-0.05, 0) is 41.5 Å². The molecule has 1 heterocycles. The van der Waals surface area contributed by atoms with Gasteiger partial charge in [0.25, 0.3) is 5.91 Å². The van der Waals surface area contributed by atoms with E-state index in [1.54, 1.807) is 38.8 Å². The molecule has 0 spiro atoms. The van der Waals surface area contributed by atoms with Gasteiger partial charge in [0.1, 0.15) is 0 Å². The summed E-state index contributed by atoms with van der Waals surface area (Å²) in [5, 5.41) is 11.1. The number of rotatable bonds is 7. The largest absolute Gasteiger partial charge is 0.493 e. The molecule has 0 aliphatic rings. The molecular weight excluding hydrogens is 404 g/mol. The lowest BCUT2D eigenvalue weighted by Gasteiger charge is -2.09. The van der Waals surface area contributed by atoms with Crippen LogP contribution in [0.2, 0.25) is 0 Å². The van der Waals surface area contributed by atoms with Gasteiger partial charge in [0.05, 0.1) is 32.3 Å². The van der Waals surface area contributed by atoms with E-state index in [0.717, 1.165) is 27.9 Å². The molecule has 1 aromatic heterocycles. The van der Waals surface area contributed by atoms with E-state index in [9.17, 15) is 4.79 Å². The van der Waals surface area contributed by atoms with E-state index in [2.05, 4.69) is 20.7 Å². The van der Waals surface area contributed by atoms with Crippen LogP contribution in [0.3, 0.4) is 0 Å². The molecule has 0 aliphatic heterocycles. The van der Waals surface area contributed by atoms with Crippen molar-refractivity contribution in [1.29, 1.82) is 0 Å². The van der Waals surface area contributed by atoms with Crippen LogP contribution in [-0.2, 0) is 0 Å². The second-order valence-corrected chi connectivity index (χ2v) is 6.91. The van der Waals surface area contributed by atoms with Crippen molar-refractivity contribution in [3.8, 4) is 33.9 Å². The number of methoxy groups -OCH3 is 2. The predicted molar refractivity (Wildman–Crippen MR) is 124 cm³/mol. The van der Waals surface area contributed by atoms with Gasteiger partial charge in [0, 0.05) is 16.7 Å². The SMILES string of the molecule is COc1ccc(-c2[nH]ncc2C=NNC(=O)c2ccc(-c3ccccc3)cc2)cc1OC. The number of benzene rings is 3. The van der Waals surface area contributed by atoms with Gasteiger partial charge in [0.2, 0.25) is 0 Å². The molecular formula is C25H22N4O3. The van der Waals surface area contributed by atoms with Crippen LogP contribution < -0.4 is 14.9 Å². The normalized spacial score (nSPS) is 10.8. The summed E-state index contributed by atoms with van der Waals surface area (Å²) in [7, 11) is 3.17. The van der Waals surface area contributed by atoms with E-state index in [1.165, 1.54) is 0 Å². The van der Waals surface area contributed by atoms with E-state index in [0.29, 0.717) is 17.1 Å². The van der Waals surface area contributed by atoms with Gasteiger partial charge in [-0.3, -0.25) is 9.89 Å². The minimum absolute atomic E-state index is 0.294. The van der Waals surface area contributed by atoms with Gasteiger partial charge in [-0.1, -0.05) is 42.5 Å². The summed E-state index contributed by atoms with van der Waals surface area (Å²) in [6.07, 6.45) is 3.18. The monoisotopic (exact) mass is 426 g/mol. The van der Waals surface area contributed by atoms with Crippen molar-refractivity contribution in [3.63, 3.8) is 0 Å². The van der Waals surface area contributed by atoms with Crippen LogP contribution >= 0.6 is 0 Å². The number of nitrogens with zero attached hydrogens (tertiary/aromatic N) is 2. The number of hydrazone groups is 1. The fourth-order valence-electron chi connectivity index (χ4n) is 3.29. The summed E-state index contributed by atoms with van der Waals surface area (Å²) >= 11 is 0. The summed E-state index contributed by atoms with van der Waals surface area (Å²) in [5.41, 5.74) is 7.54. The molecule has 2 N–H and O–H groups in total. The van der Waals surface area contributed by atoms with Gasteiger partial charge < -0.3 is 9.47 Å². The highest BCUT2D eigenvalue weighted by Crippen LogP contribution is 2.32. The Morgan fingerprint density at radius 1 is 0.906 bits per heavy atom. The summed E-state index contributed by atoms with van der Waals surface area (Å²) in [4.78, 5) is 12.5. The molecule has 0 saturated heterocycles.